The summed E-state index contributed by atoms with van der Waals surface area (Å²) in [6.07, 6.45) is -0.516. The maximum absolute atomic E-state index is 12.8. The Labute approximate surface area is 393 Å². The van der Waals surface area contributed by atoms with Crippen LogP contribution in [-0.2, 0) is 75.9 Å². The van der Waals surface area contributed by atoms with Crippen molar-refractivity contribution >= 4 is 18.0 Å². The fraction of sp³-hybridized carbons (Fsp3) is 0.681. The first kappa shape index (κ1) is 55.7. The fourth-order valence-corrected chi connectivity index (χ4v) is 6.94. The number of likely N-dealkylation sites (tertiary alicyclic amines) is 1. The minimum atomic E-state index is -1.15. The molecule has 0 radical (unpaired) electrons. The van der Waals surface area contributed by atoms with Crippen molar-refractivity contribution in [1.29, 1.82) is 0 Å². The highest BCUT2D eigenvalue weighted by molar-refractivity contribution is 5.79. The predicted octanol–water partition coefficient (Wildman–Crippen LogP) is 2.43. The van der Waals surface area contributed by atoms with Crippen molar-refractivity contribution in [2.45, 2.75) is 17.9 Å². The van der Waals surface area contributed by atoms with Crippen molar-refractivity contribution in [3.63, 3.8) is 0 Å². The Bertz CT molecular complexity index is 1590. The number of hydrogen-bond donors (Lipinski definition) is 2. The number of carbonyl (C=O) groups is 3. The van der Waals surface area contributed by atoms with Crippen LogP contribution in [0.1, 0.15) is 23.5 Å². The summed E-state index contributed by atoms with van der Waals surface area (Å²) in [7, 11) is 1.64. The number of alkyl carbamates (subject to hydrolysis) is 1. The van der Waals surface area contributed by atoms with E-state index >= 15 is 0 Å². The van der Waals surface area contributed by atoms with E-state index in [1.807, 2.05) is 36.4 Å². The van der Waals surface area contributed by atoms with Gasteiger partial charge in [0.2, 0.25) is 5.91 Å². The van der Waals surface area contributed by atoms with Gasteiger partial charge >= 0.3 is 12.1 Å². The Morgan fingerprint density at radius 1 is 0.552 bits per heavy atom. The minimum Gasteiger partial charge on any atom is -0.480 e. The summed E-state index contributed by atoms with van der Waals surface area (Å²) in [5.41, 5.74) is 3.39. The molecule has 0 saturated carbocycles. The number of carboxylic acid groups (broad SMARTS) is 1. The number of carbonyl (C=O) groups excluding carboxylic acids is 2. The zero-order valence-corrected chi connectivity index (χ0v) is 39.0. The molecular weight excluding hydrogens is 881 g/mol. The molecule has 2 aromatic rings. The molecule has 1 heterocycles. The van der Waals surface area contributed by atoms with Crippen LogP contribution >= 0.6 is 0 Å². The molecule has 20 nitrogen and oxygen atoms in total. The molecule has 20 heteroatoms. The summed E-state index contributed by atoms with van der Waals surface area (Å²) in [6, 6.07) is 16.1. The molecule has 0 spiro atoms. The van der Waals surface area contributed by atoms with Crippen molar-refractivity contribution in [2.24, 2.45) is 0 Å². The van der Waals surface area contributed by atoms with Crippen molar-refractivity contribution in [1.82, 2.24) is 10.2 Å². The van der Waals surface area contributed by atoms with Gasteiger partial charge in [0.15, 0.2) is 0 Å². The highest BCUT2D eigenvalue weighted by atomic mass is 16.6. The van der Waals surface area contributed by atoms with Crippen LogP contribution in [0.3, 0.4) is 0 Å². The molecule has 1 saturated heterocycles. The Kier molecular flexibility index (Phi) is 29.3. The lowest BCUT2D eigenvalue weighted by atomic mass is 9.93. The number of rotatable bonds is 43. The third-order valence-electron chi connectivity index (χ3n) is 10.3. The zero-order valence-electron chi connectivity index (χ0n) is 39.0. The zero-order chi connectivity index (χ0) is 47.5. The van der Waals surface area contributed by atoms with E-state index in [1.165, 1.54) is 0 Å². The van der Waals surface area contributed by atoms with Gasteiger partial charge in [0.25, 0.3) is 0 Å². The second-order valence-electron chi connectivity index (χ2n) is 15.3. The van der Waals surface area contributed by atoms with Gasteiger partial charge in [-0.15, -0.1) is 0 Å². The molecule has 2 aromatic carbocycles. The van der Waals surface area contributed by atoms with E-state index in [-0.39, 0.29) is 51.1 Å². The summed E-state index contributed by atoms with van der Waals surface area (Å²) in [5, 5.41) is 11.9. The quantitative estimate of drug-likeness (QED) is 0.0913. The van der Waals surface area contributed by atoms with E-state index in [2.05, 4.69) is 17.4 Å². The molecule has 4 rings (SSSR count). The Morgan fingerprint density at radius 2 is 0.910 bits per heavy atom. The number of nitrogens with zero attached hydrogens (tertiary/aromatic N) is 1. The summed E-state index contributed by atoms with van der Waals surface area (Å²) < 4.78 is 76.4. The summed E-state index contributed by atoms with van der Waals surface area (Å²) in [6.45, 7) is 10.3. The molecule has 67 heavy (non-hydrogen) atoms. The number of aliphatic carboxylic acids is 1. The molecule has 0 bridgehead atoms. The standard InChI is InChI=1S/C47H72N2O18/c1-54-12-13-56-16-17-58-20-21-60-24-25-62-28-29-64-32-33-65-31-30-63-27-26-61-23-22-59-19-18-57-15-14-55-11-10-44(50)49-37-47(38-49,67-35-45(51)52)36-48-46(53)66-34-43-41-8-4-2-6-39(41)40-7-3-5-9-42(40)43/h2-9,43H,10-38H2,1H3,(H,48,53)(H,51,52). The Hall–Kier alpha value is -3.87. The Balaban J connectivity index is 0.863. The van der Waals surface area contributed by atoms with Crippen LogP contribution in [-0.4, -0.2) is 225 Å². The molecule has 1 aliphatic heterocycles. The lowest BCUT2D eigenvalue weighted by Gasteiger charge is -2.49. The predicted molar refractivity (Wildman–Crippen MR) is 241 cm³/mol. The van der Waals surface area contributed by atoms with Gasteiger partial charge in [0, 0.05) is 13.0 Å². The summed E-state index contributed by atoms with van der Waals surface area (Å²) in [4.78, 5) is 38.4. The smallest absolute Gasteiger partial charge is 0.407 e. The topological polar surface area (TPSA) is 216 Å². The largest absolute Gasteiger partial charge is 0.480 e. The van der Waals surface area contributed by atoms with Gasteiger partial charge in [-0.2, -0.15) is 0 Å². The van der Waals surface area contributed by atoms with Crippen LogP contribution in [0.2, 0.25) is 0 Å². The molecule has 0 aromatic heterocycles. The number of nitrogens with one attached hydrogen (secondary N) is 1. The van der Waals surface area contributed by atoms with Crippen LogP contribution in [0, 0.1) is 0 Å². The molecule has 2 aliphatic rings. The highest BCUT2D eigenvalue weighted by Gasteiger charge is 2.47. The van der Waals surface area contributed by atoms with E-state index < -0.39 is 24.3 Å². The summed E-state index contributed by atoms with van der Waals surface area (Å²) >= 11 is 0. The van der Waals surface area contributed by atoms with Crippen molar-refractivity contribution in [2.75, 3.05) is 192 Å². The van der Waals surface area contributed by atoms with E-state index in [0.29, 0.717) is 145 Å². The minimum absolute atomic E-state index is 0.0153. The monoisotopic (exact) mass is 952 g/mol. The van der Waals surface area contributed by atoms with Crippen LogP contribution < -0.4 is 5.32 Å². The number of ether oxygens (including phenoxy) is 14. The van der Waals surface area contributed by atoms with Crippen LogP contribution in [0.5, 0.6) is 0 Å². The fourth-order valence-electron chi connectivity index (χ4n) is 6.94. The average molecular weight is 953 g/mol. The number of carboxylic acids is 1. The van der Waals surface area contributed by atoms with Gasteiger partial charge in [0.05, 0.1) is 178 Å². The van der Waals surface area contributed by atoms with Gasteiger partial charge in [0.1, 0.15) is 18.8 Å². The lowest BCUT2D eigenvalue weighted by Crippen LogP contribution is -2.69. The third-order valence-corrected chi connectivity index (χ3v) is 10.3. The molecular formula is C47H72N2O18. The van der Waals surface area contributed by atoms with Gasteiger partial charge in [-0.25, -0.2) is 9.59 Å². The average Bonchev–Trinajstić information content (AvgIpc) is 3.64. The molecule has 1 fully saturated rings. The maximum atomic E-state index is 12.8. The number of benzene rings is 2. The van der Waals surface area contributed by atoms with Crippen LogP contribution in [0.15, 0.2) is 48.5 Å². The summed E-state index contributed by atoms with van der Waals surface area (Å²) in [5.74, 6) is -1.42. The van der Waals surface area contributed by atoms with Crippen molar-refractivity contribution < 1.29 is 85.8 Å². The number of amides is 2. The van der Waals surface area contributed by atoms with Gasteiger partial charge in [-0.1, -0.05) is 48.5 Å². The first-order valence-electron chi connectivity index (χ1n) is 23.0. The van der Waals surface area contributed by atoms with Crippen molar-refractivity contribution in [3.8, 4) is 11.1 Å². The van der Waals surface area contributed by atoms with Crippen LogP contribution in [0.25, 0.3) is 11.1 Å². The van der Waals surface area contributed by atoms with E-state index in [0.717, 1.165) is 22.3 Å². The highest BCUT2D eigenvalue weighted by Crippen LogP contribution is 2.44. The SMILES string of the molecule is COCCOCCOCCOCCOCCOCCOCCOCCOCCOCCOCCOCCC(=O)N1CC(CNC(=O)OCC2c3ccccc3-c3ccccc32)(OCC(=O)O)C1. The van der Waals surface area contributed by atoms with E-state index in [4.69, 9.17) is 66.3 Å². The van der Waals surface area contributed by atoms with Gasteiger partial charge < -0.3 is 81.6 Å². The number of methoxy groups -OCH3 is 1. The third kappa shape index (κ3) is 23.3. The van der Waals surface area contributed by atoms with E-state index in [9.17, 15) is 19.5 Å². The molecule has 0 unspecified atom stereocenters. The normalized spacial score (nSPS) is 13.9. The van der Waals surface area contributed by atoms with Crippen molar-refractivity contribution in [3.05, 3.63) is 59.7 Å². The number of fused-ring (bicyclic) bond motifs is 3. The van der Waals surface area contributed by atoms with E-state index in [1.54, 1.807) is 12.0 Å². The number of hydrogen-bond acceptors (Lipinski definition) is 17. The molecule has 378 valence electrons. The van der Waals surface area contributed by atoms with Gasteiger partial charge in [-0.05, 0) is 22.3 Å². The molecule has 0 atom stereocenters. The Morgan fingerprint density at radius 3 is 1.28 bits per heavy atom. The first-order chi connectivity index (χ1) is 32.9. The maximum Gasteiger partial charge on any atom is 0.407 e. The van der Waals surface area contributed by atoms with Crippen LogP contribution in [0.4, 0.5) is 4.79 Å². The molecule has 2 amide bonds. The molecule has 2 N–H and O–H groups in total. The second-order valence-corrected chi connectivity index (χ2v) is 15.3. The molecule has 1 aliphatic carbocycles. The van der Waals surface area contributed by atoms with Gasteiger partial charge in [-0.3, -0.25) is 4.79 Å². The lowest BCUT2D eigenvalue weighted by molar-refractivity contribution is -0.176. The second kappa shape index (κ2) is 35.3. The first-order valence-corrected chi connectivity index (χ1v) is 23.0.